The number of rotatable bonds is 6. The van der Waals surface area contributed by atoms with Gasteiger partial charge in [0.1, 0.15) is 5.52 Å². The number of benzene rings is 1. The lowest BCUT2D eigenvalue weighted by molar-refractivity contribution is -0.384. The smallest absolute Gasteiger partial charge is 0.295 e. The summed E-state index contributed by atoms with van der Waals surface area (Å²) in [5, 5.41) is 23.6. The molecule has 2 N–H and O–H groups in total. The second-order valence-electron chi connectivity index (χ2n) is 5.03. The van der Waals surface area contributed by atoms with Crippen LogP contribution in [-0.4, -0.2) is 27.2 Å². The molecule has 0 aliphatic carbocycles. The largest absolute Gasteiger partial charge is 0.424 e. The molecule has 0 spiro atoms. The van der Waals surface area contributed by atoms with Crippen molar-refractivity contribution in [3.8, 4) is 0 Å². The van der Waals surface area contributed by atoms with Crippen molar-refractivity contribution in [1.82, 2.24) is 4.98 Å². The van der Waals surface area contributed by atoms with E-state index >= 15 is 0 Å². The summed E-state index contributed by atoms with van der Waals surface area (Å²) in [6, 6.07) is 4.48. The maximum absolute atomic E-state index is 10.7. The zero-order valence-corrected chi connectivity index (χ0v) is 11.4. The highest BCUT2D eigenvalue weighted by Gasteiger charge is 2.20. The molecule has 20 heavy (non-hydrogen) atoms. The third-order valence-corrected chi connectivity index (χ3v) is 2.99. The van der Waals surface area contributed by atoms with Gasteiger partial charge in [-0.05, 0) is 19.4 Å². The van der Waals surface area contributed by atoms with Crippen molar-refractivity contribution >= 4 is 22.8 Å². The first-order valence-electron chi connectivity index (χ1n) is 6.42. The summed E-state index contributed by atoms with van der Waals surface area (Å²) in [5.74, 6) is 0. The normalized spacial score (nSPS) is 14.2. The molecule has 1 aromatic heterocycles. The van der Waals surface area contributed by atoms with E-state index in [4.69, 9.17) is 4.42 Å². The standard InChI is InChI=1S/C13H17N3O4/c1-3-6-13(2,17)8-14-12-15-10-7-9(16(18)19)4-5-11(10)20-12/h4-5,7,17H,3,6,8H2,1-2H3,(H,14,15). The number of nitrogens with one attached hydrogen (secondary N) is 1. The minimum Gasteiger partial charge on any atom is -0.424 e. The molecular weight excluding hydrogens is 262 g/mol. The van der Waals surface area contributed by atoms with E-state index in [1.807, 2.05) is 6.92 Å². The summed E-state index contributed by atoms with van der Waals surface area (Å²) in [6.45, 7) is 4.03. The van der Waals surface area contributed by atoms with E-state index in [0.29, 0.717) is 24.1 Å². The first-order valence-corrected chi connectivity index (χ1v) is 6.42. The Hall–Kier alpha value is -2.15. The topological polar surface area (TPSA) is 101 Å². The molecule has 0 radical (unpaired) electrons. The highest BCUT2D eigenvalue weighted by molar-refractivity contribution is 5.77. The van der Waals surface area contributed by atoms with Gasteiger partial charge in [-0.15, -0.1) is 0 Å². The Labute approximate surface area is 115 Å². The SMILES string of the molecule is CCCC(C)(O)CNc1nc2cc([N+](=O)[O-])ccc2o1. The number of nitro groups is 1. The van der Waals surface area contributed by atoms with E-state index < -0.39 is 10.5 Å². The molecule has 0 aliphatic rings. The van der Waals surface area contributed by atoms with Crippen LogP contribution in [0, 0.1) is 10.1 Å². The summed E-state index contributed by atoms with van der Waals surface area (Å²) < 4.78 is 5.42. The minimum absolute atomic E-state index is 0.0321. The number of nitro benzene ring substituents is 1. The summed E-state index contributed by atoms with van der Waals surface area (Å²) >= 11 is 0. The van der Waals surface area contributed by atoms with Crippen molar-refractivity contribution < 1.29 is 14.4 Å². The van der Waals surface area contributed by atoms with Gasteiger partial charge >= 0.3 is 0 Å². The average Bonchev–Trinajstić information content (AvgIpc) is 2.78. The Morgan fingerprint density at radius 1 is 1.55 bits per heavy atom. The van der Waals surface area contributed by atoms with Crippen LogP contribution in [0.3, 0.4) is 0 Å². The molecular formula is C13H17N3O4. The predicted octanol–water partition coefficient (Wildman–Crippen LogP) is 2.70. The first kappa shape index (κ1) is 14.3. The van der Waals surface area contributed by atoms with Crippen LogP contribution < -0.4 is 5.32 Å². The van der Waals surface area contributed by atoms with Crippen LogP contribution in [-0.2, 0) is 0 Å². The molecule has 0 saturated heterocycles. The third kappa shape index (κ3) is 3.24. The fourth-order valence-corrected chi connectivity index (χ4v) is 2.00. The van der Waals surface area contributed by atoms with Crippen molar-refractivity contribution in [1.29, 1.82) is 0 Å². The highest BCUT2D eigenvalue weighted by Crippen LogP contribution is 2.24. The summed E-state index contributed by atoms with van der Waals surface area (Å²) in [6.07, 6.45) is 1.53. The van der Waals surface area contributed by atoms with E-state index in [1.54, 1.807) is 6.92 Å². The Morgan fingerprint density at radius 3 is 2.95 bits per heavy atom. The van der Waals surface area contributed by atoms with Gasteiger partial charge in [0.2, 0.25) is 0 Å². The lowest BCUT2D eigenvalue weighted by atomic mass is 10.0. The van der Waals surface area contributed by atoms with E-state index in [0.717, 1.165) is 6.42 Å². The van der Waals surface area contributed by atoms with Gasteiger partial charge in [-0.2, -0.15) is 4.98 Å². The molecule has 0 bridgehead atoms. The second kappa shape index (κ2) is 5.46. The molecule has 108 valence electrons. The number of hydrogen-bond donors (Lipinski definition) is 2. The van der Waals surface area contributed by atoms with Crippen molar-refractivity contribution in [3.63, 3.8) is 0 Å². The van der Waals surface area contributed by atoms with Gasteiger partial charge in [-0.25, -0.2) is 0 Å². The molecule has 7 nitrogen and oxygen atoms in total. The molecule has 1 unspecified atom stereocenters. The van der Waals surface area contributed by atoms with Crippen LogP contribution in [0.5, 0.6) is 0 Å². The number of fused-ring (bicyclic) bond motifs is 1. The molecule has 0 saturated carbocycles. The number of non-ortho nitro benzene ring substituents is 1. The zero-order chi connectivity index (χ0) is 14.8. The van der Waals surface area contributed by atoms with Gasteiger partial charge in [0.25, 0.3) is 11.7 Å². The molecule has 7 heteroatoms. The number of aromatic nitrogens is 1. The minimum atomic E-state index is -0.846. The molecule has 1 atom stereocenters. The lowest BCUT2D eigenvalue weighted by Gasteiger charge is -2.22. The van der Waals surface area contributed by atoms with Crippen LogP contribution in [0.4, 0.5) is 11.7 Å². The maximum atomic E-state index is 10.7. The predicted molar refractivity (Wildman–Crippen MR) is 74.7 cm³/mol. The molecule has 0 fully saturated rings. The molecule has 1 heterocycles. The lowest BCUT2D eigenvalue weighted by Crippen LogP contribution is -2.33. The van der Waals surface area contributed by atoms with Crippen LogP contribution in [0.15, 0.2) is 22.6 Å². The van der Waals surface area contributed by atoms with Crippen molar-refractivity contribution in [2.45, 2.75) is 32.3 Å². The molecule has 2 aromatic rings. The molecule has 0 aliphatic heterocycles. The molecule has 1 aromatic carbocycles. The highest BCUT2D eigenvalue weighted by atomic mass is 16.6. The number of oxazole rings is 1. The van der Waals surface area contributed by atoms with Gasteiger partial charge in [0.05, 0.1) is 10.5 Å². The average molecular weight is 279 g/mol. The molecule has 0 amide bonds. The van der Waals surface area contributed by atoms with Crippen LogP contribution in [0.2, 0.25) is 0 Å². The summed E-state index contributed by atoms with van der Waals surface area (Å²) in [4.78, 5) is 14.3. The summed E-state index contributed by atoms with van der Waals surface area (Å²) in [7, 11) is 0. The van der Waals surface area contributed by atoms with Crippen LogP contribution in [0.1, 0.15) is 26.7 Å². The fourth-order valence-electron chi connectivity index (χ4n) is 2.00. The number of anilines is 1. The Morgan fingerprint density at radius 2 is 2.30 bits per heavy atom. The van der Waals surface area contributed by atoms with Gasteiger partial charge in [-0.1, -0.05) is 13.3 Å². The third-order valence-electron chi connectivity index (χ3n) is 2.99. The van der Waals surface area contributed by atoms with E-state index in [-0.39, 0.29) is 11.7 Å². The Kier molecular flexibility index (Phi) is 3.89. The monoisotopic (exact) mass is 279 g/mol. The van der Waals surface area contributed by atoms with Gasteiger partial charge in [-0.3, -0.25) is 10.1 Å². The van der Waals surface area contributed by atoms with Crippen molar-refractivity contribution in [2.75, 3.05) is 11.9 Å². The second-order valence-corrected chi connectivity index (χ2v) is 5.03. The summed E-state index contributed by atoms with van der Waals surface area (Å²) in [5.41, 5.74) is 0.00176. The fraction of sp³-hybridized carbons (Fsp3) is 0.462. The van der Waals surface area contributed by atoms with E-state index in [1.165, 1.54) is 18.2 Å². The first-order chi connectivity index (χ1) is 9.41. The number of hydrogen-bond acceptors (Lipinski definition) is 6. The molecule has 2 rings (SSSR count). The maximum Gasteiger partial charge on any atom is 0.295 e. The van der Waals surface area contributed by atoms with Gasteiger partial charge < -0.3 is 14.8 Å². The van der Waals surface area contributed by atoms with Crippen LogP contribution in [0.25, 0.3) is 11.1 Å². The zero-order valence-electron chi connectivity index (χ0n) is 11.4. The van der Waals surface area contributed by atoms with Crippen molar-refractivity contribution in [3.05, 3.63) is 28.3 Å². The Balaban J connectivity index is 2.14. The van der Waals surface area contributed by atoms with Gasteiger partial charge in [0.15, 0.2) is 5.58 Å². The number of nitrogens with zero attached hydrogens (tertiary/aromatic N) is 2. The van der Waals surface area contributed by atoms with E-state index in [9.17, 15) is 15.2 Å². The van der Waals surface area contributed by atoms with E-state index in [2.05, 4.69) is 10.3 Å². The van der Waals surface area contributed by atoms with Gasteiger partial charge in [0, 0.05) is 18.7 Å². The quantitative estimate of drug-likeness (QED) is 0.622. The number of aliphatic hydroxyl groups is 1. The van der Waals surface area contributed by atoms with Crippen molar-refractivity contribution in [2.24, 2.45) is 0 Å². The Bertz CT molecular complexity index is 621. The van der Waals surface area contributed by atoms with Crippen LogP contribution >= 0.6 is 0 Å².